The zero-order valence-corrected chi connectivity index (χ0v) is 16.1. The highest BCUT2D eigenvalue weighted by molar-refractivity contribution is 5.93. The zero-order chi connectivity index (χ0) is 20.6. The van der Waals surface area contributed by atoms with Crippen molar-refractivity contribution in [2.45, 2.75) is 56.5 Å². The summed E-state index contributed by atoms with van der Waals surface area (Å²) in [6, 6.07) is 3.04. The number of methoxy groups -OCH3 is 1. The molecule has 1 saturated heterocycles. The van der Waals surface area contributed by atoms with Gasteiger partial charge in [0, 0.05) is 25.1 Å². The van der Waals surface area contributed by atoms with Gasteiger partial charge in [-0.25, -0.2) is 9.97 Å². The van der Waals surface area contributed by atoms with E-state index in [-0.39, 0.29) is 29.3 Å². The molecule has 2 fully saturated rings. The molecule has 1 amide bonds. The van der Waals surface area contributed by atoms with Crippen molar-refractivity contribution in [3.05, 3.63) is 30.1 Å². The summed E-state index contributed by atoms with van der Waals surface area (Å²) in [5.41, 5.74) is -0.368. The summed E-state index contributed by atoms with van der Waals surface area (Å²) in [4.78, 5) is 23.0. The fourth-order valence-electron chi connectivity index (χ4n) is 4.30. The molecule has 1 aliphatic carbocycles. The summed E-state index contributed by atoms with van der Waals surface area (Å²) in [6.45, 7) is 0.635. The Kier molecular flexibility index (Phi) is 5.33. The van der Waals surface area contributed by atoms with E-state index in [9.17, 15) is 18.0 Å². The molecule has 156 valence electrons. The molecule has 1 saturated carbocycles. The number of fused-ring (bicyclic) bond motifs is 1. The Hall–Kier alpha value is -2.42. The highest BCUT2D eigenvalue weighted by Gasteiger charge is 2.38. The lowest BCUT2D eigenvalue weighted by Gasteiger charge is -2.34. The van der Waals surface area contributed by atoms with E-state index in [4.69, 9.17) is 4.74 Å². The lowest BCUT2D eigenvalue weighted by molar-refractivity contribution is -0.137. The minimum absolute atomic E-state index is 0.0235. The molecule has 1 aromatic heterocycles. The third kappa shape index (κ3) is 4.01. The molecule has 1 aliphatic heterocycles. The zero-order valence-electron chi connectivity index (χ0n) is 16.1. The van der Waals surface area contributed by atoms with Crippen LogP contribution in [0, 0.1) is 0 Å². The van der Waals surface area contributed by atoms with Gasteiger partial charge in [0.05, 0.1) is 17.2 Å². The number of likely N-dealkylation sites (tertiary alicyclic amines) is 1. The fraction of sp³-hybridized carbons (Fsp3) is 0.550. The van der Waals surface area contributed by atoms with E-state index < -0.39 is 17.8 Å². The van der Waals surface area contributed by atoms with Gasteiger partial charge in [0.1, 0.15) is 18.2 Å². The maximum absolute atomic E-state index is 13.1. The van der Waals surface area contributed by atoms with E-state index >= 15 is 0 Å². The van der Waals surface area contributed by atoms with Gasteiger partial charge in [-0.2, -0.15) is 13.2 Å². The van der Waals surface area contributed by atoms with Gasteiger partial charge in [-0.15, -0.1) is 0 Å². The molecule has 6 nitrogen and oxygen atoms in total. The molecule has 2 heterocycles. The third-order valence-corrected chi connectivity index (χ3v) is 5.93. The SMILES string of the molecule is COC1CCC(N2CC[C@H](Nc3ncnc4ccc(C(F)(F)F)cc34)C2=O)CC1. The molecule has 0 bridgehead atoms. The van der Waals surface area contributed by atoms with Crippen molar-refractivity contribution in [2.75, 3.05) is 19.0 Å². The molecule has 0 spiro atoms. The van der Waals surface area contributed by atoms with Crippen LogP contribution in [-0.2, 0) is 15.7 Å². The van der Waals surface area contributed by atoms with Crippen LogP contribution in [0.1, 0.15) is 37.7 Å². The van der Waals surface area contributed by atoms with Crippen molar-refractivity contribution in [1.29, 1.82) is 0 Å². The summed E-state index contributed by atoms with van der Waals surface area (Å²) in [5.74, 6) is 0.231. The van der Waals surface area contributed by atoms with Gasteiger partial charge in [0.15, 0.2) is 0 Å². The van der Waals surface area contributed by atoms with Crippen LogP contribution in [0.5, 0.6) is 0 Å². The van der Waals surface area contributed by atoms with Crippen LogP contribution in [0.4, 0.5) is 19.0 Å². The van der Waals surface area contributed by atoms with E-state index in [2.05, 4.69) is 15.3 Å². The average molecular weight is 408 g/mol. The number of carbonyl (C=O) groups excluding carboxylic acids is 1. The van der Waals surface area contributed by atoms with Gasteiger partial charge in [-0.3, -0.25) is 4.79 Å². The number of benzene rings is 1. The summed E-state index contributed by atoms with van der Waals surface area (Å²) < 4.78 is 44.7. The monoisotopic (exact) mass is 408 g/mol. The molecular weight excluding hydrogens is 385 g/mol. The molecule has 1 atom stereocenters. The number of nitrogens with one attached hydrogen (secondary N) is 1. The standard InChI is InChI=1S/C20H23F3N4O2/c1-29-14-5-3-13(4-6-14)27-9-8-17(19(27)28)26-18-15-10-12(20(21,22)23)2-7-16(15)24-11-25-18/h2,7,10-11,13-14,17H,3-6,8-9H2,1H3,(H,24,25,26)/t13?,14?,17-/m0/s1. The van der Waals surface area contributed by atoms with Crippen LogP contribution >= 0.6 is 0 Å². The third-order valence-electron chi connectivity index (χ3n) is 5.93. The predicted molar refractivity (Wildman–Crippen MR) is 101 cm³/mol. The summed E-state index contributed by atoms with van der Waals surface area (Å²) in [6.07, 6.45) is 1.36. The molecule has 1 aromatic carbocycles. The first kappa shape index (κ1) is 19.9. The van der Waals surface area contributed by atoms with Crippen molar-refractivity contribution in [3.8, 4) is 0 Å². The number of alkyl halides is 3. The Morgan fingerprint density at radius 2 is 1.90 bits per heavy atom. The molecule has 4 rings (SSSR count). The molecule has 0 unspecified atom stereocenters. The van der Waals surface area contributed by atoms with Crippen molar-refractivity contribution in [3.63, 3.8) is 0 Å². The molecular formula is C20H23F3N4O2. The second-order valence-corrected chi connectivity index (χ2v) is 7.64. The number of rotatable bonds is 4. The molecule has 2 aromatic rings. The van der Waals surface area contributed by atoms with Gasteiger partial charge in [0.2, 0.25) is 5.91 Å². The number of hydrogen-bond acceptors (Lipinski definition) is 5. The fourth-order valence-corrected chi connectivity index (χ4v) is 4.30. The maximum atomic E-state index is 13.1. The number of halogens is 3. The number of hydrogen-bond donors (Lipinski definition) is 1. The number of carbonyl (C=O) groups is 1. The summed E-state index contributed by atoms with van der Waals surface area (Å²) >= 11 is 0. The van der Waals surface area contributed by atoms with Crippen molar-refractivity contribution in [2.24, 2.45) is 0 Å². The second-order valence-electron chi connectivity index (χ2n) is 7.64. The smallest absolute Gasteiger partial charge is 0.381 e. The number of aromatic nitrogens is 2. The first-order chi connectivity index (χ1) is 13.9. The van der Waals surface area contributed by atoms with E-state index in [0.717, 1.165) is 37.8 Å². The maximum Gasteiger partial charge on any atom is 0.416 e. The predicted octanol–water partition coefficient (Wildman–Crippen LogP) is 3.62. The van der Waals surface area contributed by atoms with Crippen LogP contribution in [0.2, 0.25) is 0 Å². The second kappa shape index (κ2) is 7.78. The van der Waals surface area contributed by atoms with Gasteiger partial charge < -0.3 is 15.0 Å². The number of amides is 1. The van der Waals surface area contributed by atoms with Crippen LogP contribution in [0.15, 0.2) is 24.5 Å². The minimum atomic E-state index is -4.46. The highest BCUT2D eigenvalue weighted by Crippen LogP contribution is 2.33. The summed E-state index contributed by atoms with van der Waals surface area (Å²) in [7, 11) is 1.71. The normalized spacial score (nSPS) is 25.6. The van der Waals surface area contributed by atoms with E-state index in [1.165, 1.54) is 12.4 Å². The summed E-state index contributed by atoms with van der Waals surface area (Å²) in [5, 5.41) is 3.33. The topological polar surface area (TPSA) is 67.3 Å². The molecule has 0 radical (unpaired) electrons. The number of nitrogens with zero attached hydrogens (tertiary/aromatic N) is 3. The Morgan fingerprint density at radius 1 is 1.14 bits per heavy atom. The first-order valence-corrected chi connectivity index (χ1v) is 9.78. The quantitative estimate of drug-likeness (QED) is 0.837. The minimum Gasteiger partial charge on any atom is -0.381 e. The van der Waals surface area contributed by atoms with Gasteiger partial charge in [-0.05, 0) is 50.3 Å². The Labute approximate surface area is 166 Å². The lowest BCUT2D eigenvalue weighted by atomic mass is 9.92. The number of anilines is 1. The van der Waals surface area contributed by atoms with Crippen LogP contribution in [0.25, 0.3) is 10.9 Å². The van der Waals surface area contributed by atoms with Crippen LogP contribution in [0.3, 0.4) is 0 Å². The van der Waals surface area contributed by atoms with Crippen molar-refractivity contribution in [1.82, 2.24) is 14.9 Å². The molecule has 9 heteroatoms. The first-order valence-electron chi connectivity index (χ1n) is 9.78. The number of ether oxygens (including phenoxy) is 1. The van der Waals surface area contributed by atoms with Gasteiger partial charge >= 0.3 is 6.18 Å². The van der Waals surface area contributed by atoms with E-state index in [1.807, 2.05) is 4.90 Å². The van der Waals surface area contributed by atoms with Crippen molar-refractivity contribution < 1.29 is 22.7 Å². The molecule has 1 N–H and O–H groups in total. The van der Waals surface area contributed by atoms with Gasteiger partial charge in [0.25, 0.3) is 0 Å². The average Bonchev–Trinajstić information content (AvgIpc) is 3.07. The van der Waals surface area contributed by atoms with E-state index in [0.29, 0.717) is 18.5 Å². The Bertz CT molecular complexity index is 897. The Morgan fingerprint density at radius 3 is 2.59 bits per heavy atom. The van der Waals surface area contributed by atoms with Crippen LogP contribution in [-0.4, -0.2) is 52.6 Å². The highest BCUT2D eigenvalue weighted by atomic mass is 19.4. The molecule has 2 aliphatic rings. The molecule has 29 heavy (non-hydrogen) atoms. The largest absolute Gasteiger partial charge is 0.416 e. The van der Waals surface area contributed by atoms with Crippen molar-refractivity contribution >= 4 is 22.6 Å². The lowest BCUT2D eigenvalue weighted by Crippen LogP contribution is -2.43. The van der Waals surface area contributed by atoms with E-state index in [1.54, 1.807) is 7.11 Å². The Balaban J connectivity index is 1.51. The van der Waals surface area contributed by atoms with Crippen LogP contribution < -0.4 is 5.32 Å². The van der Waals surface area contributed by atoms with Gasteiger partial charge in [-0.1, -0.05) is 0 Å².